The van der Waals surface area contributed by atoms with E-state index in [-0.39, 0.29) is 5.41 Å². The van der Waals surface area contributed by atoms with Crippen LogP contribution in [0.15, 0.2) is 0 Å². The van der Waals surface area contributed by atoms with Gasteiger partial charge in [0.2, 0.25) is 0 Å². The maximum Gasteiger partial charge on any atom is 0.0652 e. The molecule has 1 aliphatic heterocycles. The fourth-order valence-corrected chi connectivity index (χ4v) is 3.94. The van der Waals surface area contributed by atoms with Crippen LogP contribution in [0.25, 0.3) is 0 Å². The van der Waals surface area contributed by atoms with E-state index in [1.165, 1.54) is 19.4 Å². The normalized spacial score (nSPS) is 39.3. The van der Waals surface area contributed by atoms with Crippen molar-refractivity contribution in [2.75, 3.05) is 20.2 Å². The first-order valence-corrected chi connectivity index (χ1v) is 7.93. The molecule has 2 aliphatic rings. The summed E-state index contributed by atoms with van der Waals surface area (Å²) in [5, 5.41) is 3.71. The van der Waals surface area contributed by atoms with Crippen LogP contribution in [0.1, 0.15) is 47.5 Å². The van der Waals surface area contributed by atoms with Gasteiger partial charge in [0.05, 0.1) is 6.10 Å². The molecule has 1 aliphatic carbocycles. The second kappa shape index (κ2) is 5.71. The zero-order chi connectivity index (χ0) is 14.2. The fraction of sp³-hybridized carbons (Fsp3) is 1.00. The van der Waals surface area contributed by atoms with Crippen LogP contribution >= 0.6 is 0 Å². The summed E-state index contributed by atoms with van der Waals surface area (Å²) in [5.41, 5.74) is 0.289. The highest BCUT2D eigenvalue weighted by atomic mass is 16.5. The molecule has 0 amide bonds. The molecule has 1 saturated heterocycles. The Kier molecular flexibility index (Phi) is 4.59. The Morgan fingerprint density at radius 3 is 2.53 bits per heavy atom. The average molecular weight is 268 g/mol. The van der Waals surface area contributed by atoms with Gasteiger partial charge in [-0.2, -0.15) is 0 Å². The average Bonchev–Trinajstić information content (AvgIpc) is 2.37. The number of piperazine rings is 1. The number of ether oxygens (including phenoxy) is 1. The number of hydrogen-bond donors (Lipinski definition) is 1. The second-order valence-corrected chi connectivity index (χ2v) is 7.32. The molecule has 3 nitrogen and oxygen atoms in total. The lowest BCUT2D eigenvalue weighted by Crippen LogP contribution is -2.69. The lowest BCUT2D eigenvalue weighted by molar-refractivity contribution is -0.156. The molecule has 0 aromatic rings. The Bertz CT molecular complexity index is 303. The molecule has 4 unspecified atom stereocenters. The number of methoxy groups -OCH3 is 1. The van der Waals surface area contributed by atoms with Gasteiger partial charge in [-0.3, -0.25) is 4.90 Å². The Labute approximate surface area is 119 Å². The molecule has 0 aromatic heterocycles. The van der Waals surface area contributed by atoms with Crippen LogP contribution in [-0.4, -0.2) is 49.3 Å². The lowest BCUT2D eigenvalue weighted by atomic mass is 9.63. The Hall–Kier alpha value is -0.120. The number of nitrogens with zero attached hydrogens (tertiary/aromatic N) is 1. The van der Waals surface area contributed by atoms with E-state index in [1.807, 2.05) is 7.11 Å². The topological polar surface area (TPSA) is 24.5 Å². The smallest absolute Gasteiger partial charge is 0.0652 e. The third-order valence-corrected chi connectivity index (χ3v) is 5.55. The summed E-state index contributed by atoms with van der Waals surface area (Å²) >= 11 is 0. The van der Waals surface area contributed by atoms with Crippen molar-refractivity contribution in [3.05, 3.63) is 0 Å². The van der Waals surface area contributed by atoms with Crippen LogP contribution in [0.5, 0.6) is 0 Å². The molecule has 2 rings (SSSR count). The zero-order valence-corrected chi connectivity index (χ0v) is 13.6. The molecule has 0 radical (unpaired) electrons. The van der Waals surface area contributed by atoms with Crippen molar-refractivity contribution in [2.24, 2.45) is 11.3 Å². The van der Waals surface area contributed by atoms with Crippen LogP contribution in [0, 0.1) is 11.3 Å². The van der Waals surface area contributed by atoms with E-state index in [1.54, 1.807) is 0 Å². The summed E-state index contributed by atoms with van der Waals surface area (Å²) < 4.78 is 5.63. The molecule has 4 atom stereocenters. The van der Waals surface area contributed by atoms with Gasteiger partial charge in [0.25, 0.3) is 0 Å². The lowest BCUT2D eigenvalue weighted by Gasteiger charge is -2.59. The van der Waals surface area contributed by atoms with E-state index < -0.39 is 0 Å². The molecule has 112 valence electrons. The predicted octanol–water partition coefficient (Wildman–Crippen LogP) is 2.51. The third kappa shape index (κ3) is 2.70. The van der Waals surface area contributed by atoms with Gasteiger partial charge < -0.3 is 10.1 Å². The summed E-state index contributed by atoms with van der Waals surface area (Å²) in [4.78, 5) is 2.78. The quantitative estimate of drug-likeness (QED) is 0.848. The largest absolute Gasteiger partial charge is 0.381 e. The van der Waals surface area contributed by atoms with E-state index in [0.717, 1.165) is 6.54 Å². The molecular weight excluding hydrogens is 236 g/mol. The van der Waals surface area contributed by atoms with E-state index in [0.29, 0.717) is 30.1 Å². The summed E-state index contributed by atoms with van der Waals surface area (Å²) in [6.07, 6.45) is 2.85. The monoisotopic (exact) mass is 268 g/mol. The first kappa shape index (κ1) is 15.3. The minimum Gasteiger partial charge on any atom is -0.381 e. The molecule has 1 heterocycles. The molecule has 0 spiro atoms. The first-order valence-electron chi connectivity index (χ1n) is 7.93. The van der Waals surface area contributed by atoms with Gasteiger partial charge in [-0.15, -0.1) is 0 Å². The molecule has 1 saturated carbocycles. The van der Waals surface area contributed by atoms with E-state index in [9.17, 15) is 0 Å². The predicted molar refractivity (Wildman–Crippen MR) is 80.4 cm³/mol. The number of hydrogen-bond acceptors (Lipinski definition) is 3. The first-order chi connectivity index (χ1) is 8.91. The van der Waals surface area contributed by atoms with E-state index in [2.05, 4.69) is 44.8 Å². The standard InChI is InChI=1S/C16H32N2O/c1-7-12-10-18(13(9-17-12)11(2)3)14-8-15(19-6)16(14,4)5/h11-15,17H,7-10H2,1-6H3. The maximum atomic E-state index is 5.63. The third-order valence-electron chi connectivity index (χ3n) is 5.55. The van der Waals surface area contributed by atoms with Crippen molar-refractivity contribution >= 4 is 0 Å². The van der Waals surface area contributed by atoms with Gasteiger partial charge in [0, 0.05) is 43.7 Å². The molecule has 19 heavy (non-hydrogen) atoms. The Morgan fingerprint density at radius 2 is 2.05 bits per heavy atom. The maximum absolute atomic E-state index is 5.63. The highest BCUT2D eigenvalue weighted by Crippen LogP contribution is 2.47. The van der Waals surface area contributed by atoms with Crippen molar-refractivity contribution in [2.45, 2.75) is 71.7 Å². The SMILES string of the molecule is CCC1CN(C2CC(OC)C2(C)C)C(C(C)C)CN1. The van der Waals surface area contributed by atoms with Crippen molar-refractivity contribution in [1.29, 1.82) is 0 Å². The Morgan fingerprint density at radius 1 is 1.37 bits per heavy atom. The molecule has 2 fully saturated rings. The van der Waals surface area contributed by atoms with Gasteiger partial charge in [-0.25, -0.2) is 0 Å². The van der Waals surface area contributed by atoms with Gasteiger partial charge in [0.1, 0.15) is 0 Å². The Balaban J connectivity index is 2.10. The van der Waals surface area contributed by atoms with Gasteiger partial charge in [-0.1, -0.05) is 34.6 Å². The van der Waals surface area contributed by atoms with Crippen molar-refractivity contribution in [3.63, 3.8) is 0 Å². The molecular formula is C16H32N2O. The van der Waals surface area contributed by atoms with E-state index >= 15 is 0 Å². The van der Waals surface area contributed by atoms with Crippen LogP contribution < -0.4 is 5.32 Å². The molecule has 0 bridgehead atoms. The molecule has 3 heteroatoms. The van der Waals surface area contributed by atoms with Crippen molar-refractivity contribution < 1.29 is 4.74 Å². The van der Waals surface area contributed by atoms with Crippen LogP contribution in [-0.2, 0) is 4.74 Å². The van der Waals surface area contributed by atoms with Crippen LogP contribution in [0.2, 0.25) is 0 Å². The highest BCUT2D eigenvalue weighted by Gasteiger charge is 2.53. The fourth-order valence-electron chi connectivity index (χ4n) is 3.94. The summed E-state index contributed by atoms with van der Waals surface area (Å²) in [5.74, 6) is 0.711. The second-order valence-electron chi connectivity index (χ2n) is 7.32. The van der Waals surface area contributed by atoms with Crippen LogP contribution in [0.3, 0.4) is 0 Å². The number of rotatable bonds is 4. The summed E-state index contributed by atoms with van der Waals surface area (Å²) in [6.45, 7) is 14.1. The van der Waals surface area contributed by atoms with Crippen LogP contribution in [0.4, 0.5) is 0 Å². The molecule has 1 N–H and O–H groups in total. The molecule has 0 aromatic carbocycles. The van der Waals surface area contributed by atoms with Gasteiger partial charge in [-0.05, 0) is 18.8 Å². The minimum atomic E-state index is 0.289. The van der Waals surface area contributed by atoms with Crippen molar-refractivity contribution in [1.82, 2.24) is 10.2 Å². The zero-order valence-electron chi connectivity index (χ0n) is 13.6. The van der Waals surface area contributed by atoms with Crippen molar-refractivity contribution in [3.8, 4) is 0 Å². The minimum absolute atomic E-state index is 0.289. The summed E-state index contributed by atoms with van der Waals surface area (Å²) in [6, 6.07) is 2.01. The highest BCUT2D eigenvalue weighted by molar-refractivity contribution is 5.07. The van der Waals surface area contributed by atoms with Gasteiger partial charge in [0.15, 0.2) is 0 Å². The van der Waals surface area contributed by atoms with Gasteiger partial charge >= 0.3 is 0 Å². The van der Waals surface area contributed by atoms with E-state index in [4.69, 9.17) is 4.74 Å². The summed E-state index contributed by atoms with van der Waals surface area (Å²) in [7, 11) is 1.86. The number of nitrogens with one attached hydrogen (secondary N) is 1.